The highest BCUT2D eigenvalue weighted by Crippen LogP contribution is 2.24. The number of hydrogen-bond acceptors (Lipinski definition) is 4. The largest absolute Gasteiger partial charge is 0.361 e. The van der Waals surface area contributed by atoms with E-state index in [1.165, 1.54) is 0 Å². The highest BCUT2D eigenvalue weighted by molar-refractivity contribution is 7.92. The van der Waals surface area contributed by atoms with E-state index in [0.717, 1.165) is 31.6 Å². The number of likely N-dealkylation sites (N-methyl/N-ethyl adjacent to an activating group) is 1. The van der Waals surface area contributed by atoms with Gasteiger partial charge >= 0.3 is 0 Å². The number of rotatable bonds is 5. The predicted molar refractivity (Wildman–Crippen MR) is 102 cm³/mol. The van der Waals surface area contributed by atoms with Gasteiger partial charge in [0.2, 0.25) is 0 Å². The molecule has 1 N–H and O–H groups in total. The van der Waals surface area contributed by atoms with E-state index in [-0.39, 0.29) is 0 Å². The second-order valence-electron chi connectivity index (χ2n) is 6.60. The summed E-state index contributed by atoms with van der Waals surface area (Å²) in [6.45, 7) is 4.88. The van der Waals surface area contributed by atoms with E-state index in [1.54, 1.807) is 12.1 Å². The molecule has 7 heteroatoms. The Labute approximate surface area is 150 Å². The van der Waals surface area contributed by atoms with Gasteiger partial charge < -0.3 is 15.1 Å². The Balaban J connectivity index is 2.01. The number of piperidine rings is 1. The van der Waals surface area contributed by atoms with Crippen LogP contribution in [0, 0.1) is 6.92 Å². The quantitative estimate of drug-likeness (QED) is 0.797. The molecular weight excluding hydrogens is 342 g/mol. The number of thiocarbonyl (C=S) groups is 1. The van der Waals surface area contributed by atoms with Crippen molar-refractivity contribution in [2.45, 2.75) is 29.9 Å². The topological polar surface area (TPSA) is 52.7 Å². The Morgan fingerprint density at radius 3 is 2.62 bits per heavy atom. The van der Waals surface area contributed by atoms with Crippen LogP contribution in [0.2, 0.25) is 0 Å². The van der Waals surface area contributed by atoms with Gasteiger partial charge in [-0.2, -0.15) is 0 Å². The molecular formula is C17H27N3O2S2. The van der Waals surface area contributed by atoms with Gasteiger partial charge in [-0.1, -0.05) is 17.7 Å². The van der Waals surface area contributed by atoms with E-state index in [0.29, 0.717) is 23.0 Å². The molecule has 134 valence electrons. The van der Waals surface area contributed by atoms with Crippen LogP contribution in [0.4, 0.5) is 0 Å². The normalized spacial score (nSPS) is 18.7. The third kappa shape index (κ3) is 4.91. The second kappa shape index (κ2) is 8.27. The fourth-order valence-corrected chi connectivity index (χ4v) is 4.82. The van der Waals surface area contributed by atoms with Crippen molar-refractivity contribution >= 4 is 27.2 Å². The van der Waals surface area contributed by atoms with Gasteiger partial charge in [0, 0.05) is 26.2 Å². The van der Waals surface area contributed by atoms with Crippen molar-refractivity contribution in [2.24, 2.45) is 0 Å². The number of sulfone groups is 1. The molecule has 0 amide bonds. The van der Waals surface area contributed by atoms with E-state index in [2.05, 4.69) is 10.2 Å². The summed E-state index contributed by atoms with van der Waals surface area (Å²) in [7, 11) is 0.703. The molecule has 1 aromatic carbocycles. The highest BCUT2D eigenvalue weighted by atomic mass is 32.2. The predicted octanol–water partition coefficient (Wildman–Crippen LogP) is 1.67. The Morgan fingerprint density at radius 1 is 1.33 bits per heavy atom. The molecule has 2 rings (SSSR count). The summed E-state index contributed by atoms with van der Waals surface area (Å²) >= 11 is 5.44. The van der Waals surface area contributed by atoms with Crippen molar-refractivity contribution in [1.82, 2.24) is 15.1 Å². The molecule has 1 aliphatic rings. The summed E-state index contributed by atoms with van der Waals surface area (Å²) in [5.74, 6) is 0. The molecule has 0 spiro atoms. The first-order valence-electron chi connectivity index (χ1n) is 8.29. The standard InChI is InChI=1S/C17H27N3O2S2/c1-14-6-8-15(9-7-14)24(21,22)16-5-4-11-20(13-16)17(23)18-10-12-19(2)3/h6-9,16H,4-5,10-13H2,1-3H3,(H,18,23). The lowest BCUT2D eigenvalue weighted by atomic mass is 10.1. The van der Waals surface area contributed by atoms with Crippen LogP contribution in [-0.4, -0.2) is 68.9 Å². The van der Waals surface area contributed by atoms with Crippen LogP contribution in [0.15, 0.2) is 29.2 Å². The van der Waals surface area contributed by atoms with Gasteiger partial charge in [0.25, 0.3) is 0 Å². The monoisotopic (exact) mass is 369 g/mol. The van der Waals surface area contributed by atoms with Crippen molar-refractivity contribution in [3.05, 3.63) is 29.8 Å². The third-order valence-electron chi connectivity index (χ3n) is 4.29. The number of likely N-dealkylation sites (tertiary alicyclic amines) is 1. The Morgan fingerprint density at radius 2 is 2.00 bits per heavy atom. The summed E-state index contributed by atoms with van der Waals surface area (Å²) in [6, 6.07) is 7.11. The molecule has 1 heterocycles. The molecule has 0 radical (unpaired) electrons. The number of nitrogens with zero attached hydrogens (tertiary/aromatic N) is 2. The molecule has 1 aliphatic heterocycles. The van der Waals surface area contributed by atoms with E-state index >= 15 is 0 Å². The lowest BCUT2D eigenvalue weighted by Crippen LogP contribution is -2.49. The smallest absolute Gasteiger partial charge is 0.182 e. The van der Waals surface area contributed by atoms with Crippen LogP contribution >= 0.6 is 12.2 Å². The molecule has 1 fully saturated rings. The average molecular weight is 370 g/mol. The Kier molecular flexibility index (Phi) is 6.60. The Hall–Kier alpha value is -1.18. The molecule has 1 aromatic rings. The summed E-state index contributed by atoms with van der Waals surface area (Å²) < 4.78 is 25.7. The first-order chi connectivity index (χ1) is 11.3. The van der Waals surface area contributed by atoms with Crippen LogP contribution in [0.3, 0.4) is 0 Å². The van der Waals surface area contributed by atoms with Gasteiger partial charge in [-0.15, -0.1) is 0 Å². The maximum atomic E-state index is 12.9. The minimum atomic E-state index is -3.32. The minimum Gasteiger partial charge on any atom is -0.361 e. The fourth-order valence-electron chi connectivity index (χ4n) is 2.79. The Bertz CT molecular complexity index is 657. The SMILES string of the molecule is Cc1ccc(S(=O)(=O)C2CCCN(C(=S)NCCN(C)C)C2)cc1. The van der Waals surface area contributed by atoms with Crippen molar-refractivity contribution in [2.75, 3.05) is 40.3 Å². The van der Waals surface area contributed by atoms with E-state index in [4.69, 9.17) is 12.2 Å². The molecule has 0 aliphatic carbocycles. The summed E-state index contributed by atoms with van der Waals surface area (Å²) in [4.78, 5) is 4.48. The minimum absolute atomic E-state index is 0.400. The van der Waals surface area contributed by atoms with Crippen LogP contribution < -0.4 is 5.32 Å². The molecule has 5 nitrogen and oxygen atoms in total. The average Bonchev–Trinajstić information content (AvgIpc) is 2.55. The number of benzene rings is 1. The zero-order chi connectivity index (χ0) is 17.7. The fraction of sp³-hybridized carbons (Fsp3) is 0.588. The van der Waals surface area contributed by atoms with Crippen LogP contribution in [0.1, 0.15) is 18.4 Å². The first kappa shape index (κ1) is 19.1. The van der Waals surface area contributed by atoms with Gasteiger partial charge in [-0.3, -0.25) is 0 Å². The number of nitrogens with one attached hydrogen (secondary N) is 1. The zero-order valence-electron chi connectivity index (χ0n) is 14.7. The van der Waals surface area contributed by atoms with Gasteiger partial charge in [0.1, 0.15) is 0 Å². The van der Waals surface area contributed by atoms with Gasteiger partial charge in [-0.05, 0) is 58.2 Å². The maximum Gasteiger partial charge on any atom is 0.182 e. The summed E-state index contributed by atoms with van der Waals surface area (Å²) in [5, 5.41) is 3.48. The lowest BCUT2D eigenvalue weighted by molar-refractivity contribution is 0.334. The zero-order valence-corrected chi connectivity index (χ0v) is 16.3. The highest BCUT2D eigenvalue weighted by Gasteiger charge is 2.32. The number of aryl methyl sites for hydroxylation is 1. The third-order valence-corrected chi connectivity index (χ3v) is 6.88. The molecule has 1 saturated heterocycles. The van der Waals surface area contributed by atoms with Crippen LogP contribution in [0.5, 0.6) is 0 Å². The van der Waals surface area contributed by atoms with E-state index in [9.17, 15) is 8.42 Å². The van der Waals surface area contributed by atoms with E-state index in [1.807, 2.05) is 38.1 Å². The second-order valence-corrected chi connectivity index (χ2v) is 9.22. The first-order valence-corrected chi connectivity index (χ1v) is 10.2. The van der Waals surface area contributed by atoms with Crippen molar-refractivity contribution in [3.8, 4) is 0 Å². The molecule has 0 aromatic heterocycles. The maximum absolute atomic E-state index is 12.9. The van der Waals surface area contributed by atoms with Crippen molar-refractivity contribution < 1.29 is 8.42 Å². The molecule has 0 bridgehead atoms. The van der Waals surface area contributed by atoms with Crippen molar-refractivity contribution in [3.63, 3.8) is 0 Å². The van der Waals surface area contributed by atoms with Gasteiger partial charge in [-0.25, -0.2) is 8.42 Å². The van der Waals surface area contributed by atoms with Crippen molar-refractivity contribution in [1.29, 1.82) is 0 Å². The number of hydrogen-bond donors (Lipinski definition) is 1. The van der Waals surface area contributed by atoms with Crippen LogP contribution in [0.25, 0.3) is 0 Å². The summed E-state index contributed by atoms with van der Waals surface area (Å²) in [6.07, 6.45) is 1.53. The molecule has 1 unspecified atom stereocenters. The van der Waals surface area contributed by atoms with Gasteiger partial charge in [0.05, 0.1) is 10.1 Å². The van der Waals surface area contributed by atoms with E-state index < -0.39 is 15.1 Å². The van der Waals surface area contributed by atoms with Gasteiger partial charge in [0.15, 0.2) is 14.9 Å². The molecule has 24 heavy (non-hydrogen) atoms. The molecule has 0 saturated carbocycles. The van der Waals surface area contributed by atoms with Crippen LogP contribution in [-0.2, 0) is 9.84 Å². The summed E-state index contributed by atoms with van der Waals surface area (Å²) in [5.41, 5.74) is 1.06. The lowest BCUT2D eigenvalue weighted by Gasteiger charge is -2.34. The molecule has 1 atom stereocenters.